The van der Waals surface area contributed by atoms with E-state index in [4.69, 9.17) is 20.2 Å². The highest BCUT2D eigenvalue weighted by Crippen LogP contribution is 2.37. The molecule has 8 heteroatoms. The van der Waals surface area contributed by atoms with Gasteiger partial charge in [0.05, 0.1) is 12.8 Å². The zero-order valence-electron chi connectivity index (χ0n) is 22.8. The van der Waals surface area contributed by atoms with E-state index in [0.29, 0.717) is 18.7 Å². The molecule has 1 aromatic carbocycles. The zero-order chi connectivity index (χ0) is 26.2. The number of nitrogens with zero attached hydrogens (tertiary/aromatic N) is 4. The van der Waals surface area contributed by atoms with E-state index in [2.05, 4.69) is 40.9 Å². The van der Waals surface area contributed by atoms with E-state index in [1.54, 1.807) is 7.11 Å². The Bertz CT molecular complexity index is 1030. The van der Waals surface area contributed by atoms with Gasteiger partial charge in [-0.1, -0.05) is 6.92 Å². The second-order valence-electron chi connectivity index (χ2n) is 9.91. The summed E-state index contributed by atoms with van der Waals surface area (Å²) in [5.41, 5.74) is 11.3. The lowest BCUT2D eigenvalue weighted by atomic mass is 9.98. The molecule has 1 unspecified atom stereocenters. The van der Waals surface area contributed by atoms with Gasteiger partial charge in [0.2, 0.25) is 0 Å². The van der Waals surface area contributed by atoms with Gasteiger partial charge in [0.15, 0.2) is 5.78 Å². The van der Waals surface area contributed by atoms with Crippen molar-refractivity contribution in [2.75, 3.05) is 67.1 Å². The van der Waals surface area contributed by atoms with Crippen molar-refractivity contribution < 1.29 is 14.3 Å². The molecule has 8 nitrogen and oxygen atoms in total. The van der Waals surface area contributed by atoms with Crippen LogP contribution in [0.4, 0.5) is 0 Å². The number of hydrogen-bond donors (Lipinski definition) is 1. The fraction of sp³-hybridized carbons (Fsp3) is 0.571. The molecule has 1 aromatic heterocycles. The van der Waals surface area contributed by atoms with Crippen LogP contribution in [0, 0.1) is 13.8 Å². The Kier molecular flexibility index (Phi) is 10.2. The number of methoxy groups -OCH3 is 1. The third-order valence-electron chi connectivity index (χ3n) is 6.89. The summed E-state index contributed by atoms with van der Waals surface area (Å²) in [5.74, 6) is 1.42. The number of pyridine rings is 1. The van der Waals surface area contributed by atoms with Gasteiger partial charge in [-0.3, -0.25) is 14.7 Å². The number of nitrogens with two attached hydrogens (primary N) is 1. The quantitative estimate of drug-likeness (QED) is 0.566. The van der Waals surface area contributed by atoms with E-state index in [-0.39, 0.29) is 18.4 Å². The van der Waals surface area contributed by atoms with Crippen molar-refractivity contribution in [3.8, 4) is 22.6 Å². The predicted molar refractivity (Wildman–Crippen MR) is 145 cm³/mol. The van der Waals surface area contributed by atoms with Crippen molar-refractivity contribution in [2.45, 2.75) is 39.8 Å². The van der Waals surface area contributed by atoms with Crippen LogP contribution in [-0.4, -0.2) is 98.6 Å². The highest BCUT2D eigenvalue weighted by atomic mass is 16.5. The average molecular weight is 498 g/mol. The van der Waals surface area contributed by atoms with Gasteiger partial charge in [-0.2, -0.15) is 0 Å². The third kappa shape index (κ3) is 7.49. The number of hydrogen-bond acceptors (Lipinski definition) is 8. The summed E-state index contributed by atoms with van der Waals surface area (Å²) in [6, 6.07) is 8.35. The molecule has 0 spiro atoms. The van der Waals surface area contributed by atoms with Gasteiger partial charge in [-0.15, -0.1) is 0 Å². The Morgan fingerprint density at radius 2 is 1.81 bits per heavy atom. The van der Waals surface area contributed by atoms with E-state index in [9.17, 15) is 4.79 Å². The lowest BCUT2D eigenvalue weighted by Gasteiger charge is -2.32. The first-order valence-electron chi connectivity index (χ1n) is 12.9. The van der Waals surface area contributed by atoms with E-state index >= 15 is 0 Å². The van der Waals surface area contributed by atoms with E-state index < -0.39 is 0 Å². The second-order valence-corrected chi connectivity index (χ2v) is 9.91. The number of benzene rings is 1. The molecule has 0 radical (unpaired) electrons. The maximum Gasteiger partial charge on any atom is 0.169 e. The molecule has 2 N–H and O–H groups in total. The number of ether oxygens (including phenoxy) is 2. The van der Waals surface area contributed by atoms with Crippen LogP contribution >= 0.6 is 0 Å². The topological polar surface area (TPSA) is 84.2 Å². The van der Waals surface area contributed by atoms with Gasteiger partial charge in [0.1, 0.15) is 18.1 Å². The molecular weight excluding hydrogens is 454 g/mol. The van der Waals surface area contributed by atoms with E-state index in [1.807, 2.05) is 32.9 Å². The minimum Gasteiger partial charge on any atom is -0.496 e. The Morgan fingerprint density at radius 1 is 1.08 bits per heavy atom. The lowest BCUT2D eigenvalue weighted by Crippen LogP contribution is -2.47. The molecule has 1 atom stereocenters. The molecule has 3 rings (SSSR count). The highest BCUT2D eigenvalue weighted by Gasteiger charge is 2.23. The van der Waals surface area contributed by atoms with Crippen LogP contribution in [0.5, 0.6) is 11.5 Å². The average Bonchev–Trinajstić information content (AvgIpc) is 2.91. The molecule has 1 aliphatic rings. The summed E-state index contributed by atoms with van der Waals surface area (Å²) in [7, 11) is 6.01. The van der Waals surface area contributed by atoms with Gasteiger partial charge >= 0.3 is 0 Å². The highest BCUT2D eigenvalue weighted by molar-refractivity contribution is 5.80. The maximum absolute atomic E-state index is 11.7. The van der Waals surface area contributed by atoms with Crippen molar-refractivity contribution in [3.63, 3.8) is 0 Å². The molecule has 1 fully saturated rings. The monoisotopic (exact) mass is 497 g/mol. The smallest absolute Gasteiger partial charge is 0.169 e. The minimum atomic E-state index is 0.0678. The number of aromatic nitrogens is 1. The minimum absolute atomic E-state index is 0.0678. The Labute approximate surface area is 216 Å². The molecule has 2 heterocycles. The number of rotatable bonds is 9. The standard InChI is InChI=1S/C28H43N5O3/c1-7-25(34)19-36-26-12-20(2)28(27(15-26)35-6)22-13-21(3)30-23(14-22)17-33-11-10-31(4)8-9-32(5)18-24(33)16-29/h12-15,24H,7-11,16-19,29H2,1-6H3. The molecule has 0 aliphatic carbocycles. The number of Topliss-reactive ketones (excluding diaryl/α,β-unsaturated/α-hetero) is 1. The zero-order valence-corrected chi connectivity index (χ0v) is 22.8. The Balaban J connectivity index is 1.91. The van der Waals surface area contributed by atoms with Crippen LogP contribution in [-0.2, 0) is 11.3 Å². The van der Waals surface area contributed by atoms with Crippen LogP contribution in [0.25, 0.3) is 11.1 Å². The molecule has 2 aromatic rings. The number of carbonyl (C=O) groups is 1. The van der Waals surface area contributed by atoms with Crippen LogP contribution in [0.1, 0.15) is 30.3 Å². The summed E-state index contributed by atoms with van der Waals surface area (Å²) in [6.07, 6.45) is 0.460. The van der Waals surface area contributed by atoms with Crippen molar-refractivity contribution in [1.82, 2.24) is 19.7 Å². The second kappa shape index (κ2) is 13.1. The number of ketones is 1. The van der Waals surface area contributed by atoms with Crippen LogP contribution < -0.4 is 15.2 Å². The summed E-state index contributed by atoms with van der Waals surface area (Å²) in [6.45, 7) is 12.3. The van der Waals surface area contributed by atoms with E-state index in [1.165, 1.54) is 0 Å². The molecule has 198 valence electrons. The first-order valence-corrected chi connectivity index (χ1v) is 12.9. The predicted octanol–water partition coefficient (Wildman–Crippen LogP) is 2.74. The SMILES string of the molecule is CCC(=O)COc1cc(C)c(-c2cc(C)nc(CN3CCN(C)CCN(C)CC3CN)c2)c(OC)c1. The number of aryl methyl sites for hydroxylation is 2. The van der Waals surface area contributed by atoms with Crippen molar-refractivity contribution in [1.29, 1.82) is 0 Å². The van der Waals surface area contributed by atoms with E-state index in [0.717, 1.165) is 73.1 Å². The van der Waals surface area contributed by atoms with Crippen LogP contribution in [0.15, 0.2) is 24.3 Å². The Hall–Kier alpha value is -2.52. The molecule has 36 heavy (non-hydrogen) atoms. The maximum atomic E-state index is 11.7. The molecule has 0 bridgehead atoms. The van der Waals surface area contributed by atoms with Gasteiger partial charge in [-0.25, -0.2) is 0 Å². The number of carbonyl (C=O) groups excluding carboxylic acids is 1. The van der Waals surface area contributed by atoms with Crippen LogP contribution in [0.2, 0.25) is 0 Å². The first-order chi connectivity index (χ1) is 17.2. The van der Waals surface area contributed by atoms with Crippen molar-refractivity contribution in [3.05, 3.63) is 41.2 Å². The van der Waals surface area contributed by atoms with Gasteiger partial charge in [0.25, 0.3) is 0 Å². The van der Waals surface area contributed by atoms with Gasteiger partial charge < -0.3 is 25.0 Å². The largest absolute Gasteiger partial charge is 0.496 e. The lowest BCUT2D eigenvalue weighted by molar-refractivity contribution is -0.120. The Morgan fingerprint density at radius 3 is 2.50 bits per heavy atom. The molecule has 1 aliphatic heterocycles. The van der Waals surface area contributed by atoms with Crippen LogP contribution in [0.3, 0.4) is 0 Å². The third-order valence-corrected chi connectivity index (χ3v) is 6.89. The normalized spacial score (nSPS) is 18.4. The summed E-state index contributed by atoms with van der Waals surface area (Å²) in [4.78, 5) is 23.8. The fourth-order valence-corrected chi connectivity index (χ4v) is 4.71. The summed E-state index contributed by atoms with van der Waals surface area (Å²) in [5, 5.41) is 0. The van der Waals surface area contributed by atoms with Gasteiger partial charge in [0, 0.05) is 75.6 Å². The molecule has 0 amide bonds. The summed E-state index contributed by atoms with van der Waals surface area (Å²) < 4.78 is 11.5. The molecular formula is C28H43N5O3. The van der Waals surface area contributed by atoms with Gasteiger partial charge in [-0.05, 0) is 57.3 Å². The molecule has 0 saturated carbocycles. The van der Waals surface area contributed by atoms with Crippen molar-refractivity contribution >= 4 is 5.78 Å². The fourth-order valence-electron chi connectivity index (χ4n) is 4.71. The first kappa shape index (κ1) is 28.1. The number of likely N-dealkylation sites (N-methyl/N-ethyl adjacent to an activating group) is 2. The van der Waals surface area contributed by atoms with Crippen molar-refractivity contribution in [2.24, 2.45) is 5.73 Å². The summed E-state index contributed by atoms with van der Waals surface area (Å²) >= 11 is 0. The molecule has 1 saturated heterocycles.